The number of aromatic nitrogens is 4. The van der Waals surface area contributed by atoms with E-state index in [-0.39, 0.29) is 11.6 Å². The molecule has 3 aromatic rings. The van der Waals surface area contributed by atoms with Crippen molar-refractivity contribution in [2.45, 2.75) is 57.7 Å². The number of likely N-dealkylation sites (tertiary alicyclic amines) is 1. The zero-order valence-electron chi connectivity index (χ0n) is 16.5. The van der Waals surface area contributed by atoms with Crippen LogP contribution in [0.3, 0.4) is 0 Å². The van der Waals surface area contributed by atoms with Gasteiger partial charge in [-0.1, -0.05) is 0 Å². The normalized spacial score (nSPS) is 19.4. The molecule has 0 N–H and O–H groups in total. The quantitative estimate of drug-likeness (QED) is 0.666. The van der Waals surface area contributed by atoms with Crippen LogP contribution in [0.5, 0.6) is 0 Å². The van der Waals surface area contributed by atoms with Crippen LogP contribution in [-0.2, 0) is 25.9 Å². The summed E-state index contributed by atoms with van der Waals surface area (Å²) in [6.07, 6.45) is 10.1. The van der Waals surface area contributed by atoms with E-state index in [0.29, 0.717) is 13.1 Å². The van der Waals surface area contributed by atoms with Crippen LogP contribution in [0.1, 0.15) is 43.0 Å². The van der Waals surface area contributed by atoms with Crippen molar-refractivity contribution in [3.63, 3.8) is 0 Å². The highest BCUT2D eigenvalue weighted by atomic mass is 16.4. The van der Waals surface area contributed by atoms with Crippen LogP contribution in [0.4, 0.5) is 0 Å². The maximum Gasteiger partial charge on any atom is 0.266 e. The molecule has 1 aliphatic heterocycles. The predicted octanol–water partition coefficient (Wildman–Crippen LogP) is 2.84. The van der Waals surface area contributed by atoms with Crippen molar-refractivity contribution in [1.29, 1.82) is 0 Å². The minimum atomic E-state index is -0.0731. The molecule has 1 atom stereocenters. The van der Waals surface area contributed by atoms with Gasteiger partial charge in [0.25, 0.3) is 5.56 Å². The van der Waals surface area contributed by atoms with E-state index in [9.17, 15) is 4.79 Å². The highest BCUT2D eigenvalue weighted by molar-refractivity contribution is 5.56. The number of rotatable bonds is 5. The molecule has 1 unspecified atom stereocenters. The zero-order chi connectivity index (χ0) is 19.6. The second-order valence-corrected chi connectivity index (χ2v) is 7.93. The molecular weight excluding hydrogens is 366 g/mol. The van der Waals surface area contributed by atoms with E-state index >= 15 is 0 Å². The molecule has 0 bridgehead atoms. The van der Waals surface area contributed by atoms with Gasteiger partial charge in [-0.2, -0.15) is 5.10 Å². The molecule has 1 aliphatic carbocycles. The number of oxazole rings is 1. The summed E-state index contributed by atoms with van der Waals surface area (Å²) in [7, 11) is 0. The number of hydrogen-bond acceptors (Lipinski definition) is 6. The van der Waals surface area contributed by atoms with E-state index in [1.165, 1.54) is 12.8 Å². The van der Waals surface area contributed by atoms with Gasteiger partial charge in [0.05, 0.1) is 24.5 Å². The van der Waals surface area contributed by atoms with Crippen LogP contribution in [0.15, 0.2) is 45.9 Å². The first kappa shape index (κ1) is 18.2. The van der Waals surface area contributed by atoms with E-state index in [1.807, 2.05) is 12.1 Å². The summed E-state index contributed by atoms with van der Waals surface area (Å²) in [5.41, 5.74) is 2.75. The molecule has 1 fully saturated rings. The zero-order valence-corrected chi connectivity index (χ0v) is 16.5. The van der Waals surface area contributed by atoms with E-state index in [1.54, 1.807) is 29.2 Å². The van der Waals surface area contributed by atoms with Crippen LogP contribution in [0, 0.1) is 0 Å². The lowest BCUT2D eigenvalue weighted by atomic mass is 10.0. The smallest absolute Gasteiger partial charge is 0.266 e. The van der Waals surface area contributed by atoms with Gasteiger partial charge in [-0.05, 0) is 56.8 Å². The summed E-state index contributed by atoms with van der Waals surface area (Å²) in [5.74, 6) is 1.89. The Bertz CT molecular complexity index is 1020. The average molecular weight is 391 g/mol. The fraction of sp³-hybridized carbons (Fsp3) is 0.455. The van der Waals surface area contributed by atoms with Crippen molar-refractivity contribution in [3.8, 4) is 11.3 Å². The number of hydrogen-bond donors (Lipinski definition) is 0. The highest BCUT2D eigenvalue weighted by Gasteiger charge is 2.28. The lowest BCUT2D eigenvalue weighted by Crippen LogP contribution is -2.36. The number of nitrogens with zero attached hydrogens (tertiary/aromatic N) is 5. The molecule has 0 radical (unpaired) electrons. The van der Waals surface area contributed by atoms with Gasteiger partial charge < -0.3 is 4.42 Å². The third kappa shape index (κ3) is 3.87. The summed E-state index contributed by atoms with van der Waals surface area (Å²) in [6, 6.07) is 7.45. The van der Waals surface area contributed by atoms with Gasteiger partial charge >= 0.3 is 0 Å². The molecule has 0 amide bonds. The third-order valence-corrected chi connectivity index (χ3v) is 5.93. The molecule has 3 aromatic heterocycles. The molecule has 150 valence electrons. The van der Waals surface area contributed by atoms with E-state index in [2.05, 4.69) is 15.0 Å². The molecule has 29 heavy (non-hydrogen) atoms. The summed E-state index contributed by atoms with van der Waals surface area (Å²) < 4.78 is 7.61. The Kier molecular flexibility index (Phi) is 4.97. The molecule has 7 nitrogen and oxygen atoms in total. The molecule has 1 saturated heterocycles. The van der Waals surface area contributed by atoms with Crippen molar-refractivity contribution in [2.75, 3.05) is 6.54 Å². The molecule has 5 rings (SSSR count). The monoisotopic (exact) mass is 391 g/mol. The maximum absolute atomic E-state index is 12.4. The van der Waals surface area contributed by atoms with Gasteiger partial charge in [0.1, 0.15) is 5.76 Å². The maximum atomic E-state index is 12.4. The summed E-state index contributed by atoms with van der Waals surface area (Å²) in [5, 5.41) is 4.60. The van der Waals surface area contributed by atoms with Crippen LogP contribution in [0.2, 0.25) is 0 Å². The van der Waals surface area contributed by atoms with Gasteiger partial charge in [-0.25, -0.2) is 9.67 Å². The Morgan fingerprint density at radius 1 is 1.14 bits per heavy atom. The fourth-order valence-corrected chi connectivity index (χ4v) is 4.40. The van der Waals surface area contributed by atoms with Gasteiger partial charge in [0.15, 0.2) is 0 Å². The number of aryl methyl sites for hydroxylation is 2. The summed E-state index contributed by atoms with van der Waals surface area (Å²) in [6.45, 7) is 2.27. The third-order valence-electron chi connectivity index (χ3n) is 5.93. The van der Waals surface area contributed by atoms with Crippen molar-refractivity contribution >= 4 is 0 Å². The Morgan fingerprint density at radius 3 is 2.93 bits per heavy atom. The molecule has 0 saturated carbocycles. The van der Waals surface area contributed by atoms with Gasteiger partial charge in [-0.3, -0.25) is 14.7 Å². The molecule has 7 heteroatoms. The topological polar surface area (TPSA) is 77.1 Å². The Morgan fingerprint density at radius 2 is 2.07 bits per heavy atom. The van der Waals surface area contributed by atoms with Crippen molar-refractivity contribution in [3.05, 3.63) is 64.4 Å². The molecule has 0 spiro atoms. The van der Waals surface area contributed by atoms with Crippen LogP contribution in [0.25, 0.3) is 11.3 Å². The van der Waals surface area contributed by atoms with Gasteiger partial charge in [0, 0.05) is 36.5 Å². The van der Waals surface area contributed by atoms with Crippen molar-refractivity contribution in [2.24, 2.45) is 0 Å². The largest absolute Gasteiger partial charge is 0.444 e. The number of fused-ring (bicyclic) bond motifs is 1. The first-order valence-electron chi connectivity index (χ1n) is 10.5. The van der Waals surface area contributed by atoms with E-state index < -0.39 is 0 Å². The standard InChI is InChI=1S/C22H25N5O2/c28-22-10-9-18(16-5-3-11-23-13-16)25-27(22)14-17-6-4-12-26(17)15-21-24-19-7-1-2-8-20(19)29-21/h3,5,9-11,13,17H,1-2,4,6-8,12,14-15H2. The Hall–Kier alpha value is -2.80. The minimum Gasteiger partial charge on any atom is -0.444 e. The predicted molar refractivity (Wildman–Crippen MR) is 108 cm³/mol. The average Bonchev–Trinajstić information content (AvgIpc) is 3.36. The van der Waals surface area contributed by atoms with Crippen LogP contribution in [-0.4, -0.2) is 37.2 Å². The Labute approximate surface area is 169 Å². The lowest BCUT2D eigenvalue weighted by Gasteiger charge is -2.23. The Balaban J connectivity index is 1.33. The minimum absolute atomic E-state index is 0.0731. The van der Waals surface area contributed by atoms with Crippen molar-refractivity contribution < 1.29 is 4.42 Å². The van der Waals surface area contributed by atoms with Crippen molar-refractivity contribution in [1.82, 2.24) is 24.6 Å². The molecule has 2 aliphatic rings. The SMILES string of the molecule is O=c1ccc(-c2cccnc2)nn1CC1CCCN1Cc1nc2c(o1)CCCC2. The molecular formula is C22H25N5O2. The first-order valence-corrected chi connectivity index (χ1v) is 10.5. The summed E-state index contributed by atoms with van der Waals surface area (Å²) >= 11 is 0. The lowest BCUT2D eigenvalue weighted by molar-refractivity contribution is 0.196. The van der Waals surface area contributed by atoms with Crippen LogP contribution >= 0.6 is 0 Å². The molecule has 0 aromatic carbocycles. The van der Waals surface area contributed by atoms with Gasteiger partial charge in [0.2, 0.25) is 5.89 Å². The van der Waals surface area contributed by atoms with Crippen LogP contribution < -0.4 is 5.56 Å². The molecule has 4 heterocycles. The first-order chi connectivity index (χ1) is 14.3. The second-order valence-electron chi connectivity index (χ2n) is 7.93. The van der Waals surface area contributed by atoms with Gasteiger partial charge in [-0.15, -0.1) is 0 Å². The van der Waals surface area contributed by atoms with E-state index in [0.717, 1.165) is 60.8 Å². The fourth-order valence-electron chi connectivity index (χ4n) is 4.40. The highest BCUT2D eigenvalue weighted by Crippen LogP contribution is 2.25. The summed E-state index contributed by atoms with van der Waals surface area (Å²) in [4.78, 5) is 23.7. The van der Waals surface area contributed by atoms with E-state index in [4.69, 9.17) is 9.40 Å². The number of pyridine rings is 1. The second kappa shape index (κ2) is 7.91.